The molecule has 1 rings (SSSR count). The molecule has 0 aliphatic carbocycles. The third-order valence-corrected chi connectivity index (χ3v) is 2.44. The standard InChI is InChI=1S/C12H15F2NO.C2H6/c1-7(15)5-10(8(2)16)9-3-4-11(13)12(14)6-9;1-2/h3-4,6-7,10H,5,15H2,1-2H3;1-2H3. The Hall–Kier alpha value is -1.29. The highest BCUT2D eigenvalue weighted by Crippen LogP contribution is 2.23. The summed E-state index contributed by atoms with van der Waals surface area (Å²) < 4.78 is 25.8. The Kier molecular flexibility index (Phi) is 7.36. The van der Waals surface area contributed by atoms with Gasteiger partial charge in [-0.05, 0) is 38.0 Å². The molecule has 0 aromatic heterocycles. The summed E-state index contributed by atoms with van der Waals surface area (Å²) in [5, 5.41) is 0. The largest absolute Gasteiger partial charge is 0.328 e. The van der Waals surface area contributed by atoms with E-state index in [0.717, 1.165) is 12.1 Å². The van der Waals surface area contributed by atoms with E-state index in [9.17, 15) is 13.6 Å². The molecule has 0 fully saturated rings. The Balaban J connectivity index is 0.00000137. The monoisotopic (exact) mass is 257 g/mol. The molecule has 18 heavy (non-hydrogen) atoms. The smallest absolute Gasteiger partial charge is 0.159 e. The third kappa shape index (κ3) is 4.92. The maximum Gasteiger partial charge on any atom is 0.159 e. The van der Waals surface area contributed by atoms with Crippen molar-refractivity contribution in [1.29, 1.82) is 0 Å². The summed E-state index contributed by atoms with van der Waals surface area (Å²) in [7, 11) is 0. The summed E-state index contributed by atoms with van der Waals surface area (Å²) in [4.78, 5) is 11.4. The number of hydrogen-bond acceptors (Lipinski definition) is 2. The normalized spacial score (nSPS) is 13.3. The lowest BCUT2D eigenvalue weighted by Crippen LogP contribution is -2.22. The summed E-state index contributed by atoms with van der Waals surface area (Å²) in [5.41, 5.74) is 6.09. The van der Waals surface area contributed by atoms with E-state index in [2.05, 4.69) is 0 Å². The van der Waals surface area contributed by atoms with Crippen molar-refractivity contribution in [1.82, 2.24) is 0 Å². The zero-order valence-corrected chi connectivity index (χ0v) is 11.3. The summed E-state index contributed by atoms with van der Waals surface area (Å²) in [5.74, 6) is -2.40. The van der Waals surface area contributed by atoms with E-state index >= 15 is 0 Å². The molecule has 0 spiro atoms. The molecule has 2 N–H and O–H groups in total. The van der Waals surface area contributed by atoms with Crippen LogP contribution in [0.4, 0.5) is 8.78 Å². The Morgan fingerprint density at radius 3 is 2.22 bits per heavy atom. The van der Waals surface area contributed by atoms with Crippen LogP contribution in [0, 0.1) is 11.6 Å². The number of rotatable bonds is 4. The first-order valence-electron chi connectivity index (χ1n) is 6.12. The first-order chi connectivity index (χ1) is 8.41. The van der Waals surface area contributed by atoms with Gasteiger partial charge >= 0.3 is 0 Å². The van der Waals surface area contributed by atoms with Crippen molar-refractivity contribution >= 4 is 5.78 Å². The molecule has 0 radical (unpaired) electrons. The number of benzene rings is 1. The molecule has 4 heteroatoms. The molecule has 0 saturated heterocycles. The Morgan fingerprint density at radius 2 is 1.83 bits per heavy atom. The molecule has 2 nitrogen and oxygen atoms in total. The SMILES string of the molecule is CC.CC(=O)C(CC(C)N)c1ccc(F)c(F)c1. The maximum absolute atomic E-state index is 13.0. The first kappa shape index (κ1) is 16.7. The van der Waals surface area contributed by atoms with Gasteiger partial charge in [-0.2, -0.15) is 0 Å². The van der Waals surface area contributed by atoms with E-state index in [0.29, 0.717) is 12.0 Å². The van der Waals surface area contributed by atoms with Gasteiger partial charge in [0.25, 0.3) is 0 Å². The average Bonchev–Trinajstić information content (AvgIpc) is 2.32. The van der Waals surface area contributed by atoms with Crippen molar-refractivity contribution in [3.8, 4) is 0 Å². The number of carbonyl (C=O) groups excluding carboxylic acids is 1. The number of Topliss-reactive ketones (excluding diaryl/α,β-unsaturated/α-hetero) is 1. The minimum absolute atomic E-state index is 0.0942. The van der Waals surface area contributed by atoms with E-state index in [1.54, 1.807) is 6.92 Å². The fourth-order valence-electron chi connectivity index (χ4n) is 1.64. The molecule has 0 aliphatic rings. The van der Waals surface area contributed by atoms with Gasteiger partial charge in [0.1, 0.15) is 5.78 Å². The van der Waals surface area contributed by atoms with Crippen LogP contribution in [0.5, 0.6) is 0 Å². The van der Waals surface area contributed by atoms with Gasteiger partial charge in [0, 0.05) is 12.0 Å². The van der Waals surface area contributed by atoms with Crippen molar-refractivity contribution in [2.75, 3.05) is 0 Å². The van der Waals surface area contributed by atoms with E-state index in [4.69, 9.17) is 5.73 Å². The van der Waals surface area contributed by atoms with Crippen LogP contribution in [0.25, 0.3) is 0 Å². The molecule has 0 aliphatic heterocycles. The van der Waals surface area contributed by atoms with Gasteiger partial charge in [-0.15, -0.1) is 0 Å². The van der Waals surface area contributed by atoms with Crippen molar-refractivity contribution in [3.63, 3.8) is 0 Å². The van der Waals surface area contributed by atoms with Gasteiger partial charge in [0.2, 0.25) is 0 Å². The second-order valence-corrected chi connectivity index (χ2v) is 4.05. The molecular weight excluding hydrogens is 236 g/mol. The van der Waals surface area contributed by atoms with Gasteiger partial charge < -0.3 is 5.73 Å². The molecule has 0 heterocycles. The van der Waals surface area contributed by atoms with Gasteiger partial charge in [0.05, 0.1) is 0 Å². The molecule has 0 saturated carbocycles. The second kappa shape index (κ2) is 7.93. The summed E-state index contributed by atoms with van der Waals surface area (Å²) in [6.07, 6.45) is 0.431. The number of ketones is 1. The quantitative estimate of drug-likeness (QED) is 0.898. The molecule has 0 bridgehead atoms. The number of hydrogen-bond donors (Lipinski definition) is 1. The highest BCUT2D eigenvalue weighted by molar-refractivity contribution is 5.83. The van der Waals surface area contributed by atoms with Crippen LogP contribution in [0.1, 0.15) is 45.6 Å². The van der Waals surface area contributed by atoms with Gasteiger partial charge in [0.15, 0.2) is 11.6 Å². The summed E-state index contributed by atoms with van der Waals surface area (Å²) in [6.45, 7) is 7.20. The second-order valence-electron chi connectivity index (χ2n) is 4.05. The van der Waals surface area contributed by atoms with Gasteiger partial charge in [-0.1, -0.05) is 19.9 Å². The molecule has 2 atom stereocenters. The number of nitrogens with two attached hydrogens (primary N) is 1. The minimum Gasteiger partial charge on any atom is -0.328 e. The van der Waals surface area contributed by atoms with Crippen molar-refractivity contribution in [3.05, 3.63) is 35.4 Å². The lowest BCUT2D eigenvalue weighted by atomic mass is 9.89. The Morgan fingerprint density at radius 1 is 1.28 bits per heavy atom. The molecular formula is C14H21F2NO. The summed E-state index contributed by atoms with van der Waals surface area (Å²) in [6, 6.07) is 3.35. The lowest BCUT2D eigenvalue weighted by Gasteiger charge is -2.16. The highest BCUT2D eigenvalue weighted by atomic mass is 19.2. The van der Waals surface area contributed by atoms with Crippen LogP contribution in [0.3, 0.4) is 0 Å². The van der Waals surface area contributed by atoms with Crippen molar-refractivity contribution in [2.45, 2.75) is 46.1 Å². The minimum atomic E-state index is -0.937. The van der Waals surface area contributed by atoms with E-state index in [1.165, 1.54) is 13.0 Å². The van der Waals surface area contributed by atoms with Gasteiger partial charge in [-0.25, -0.2) is 8.78 Å². The van der Waals surface area contributed by atoms with Crippen molar-refractivity contribution < 1.29 is 13.6 Å². The molecule has 1 aromatic rings. The number of halogens is 2. The van der Waals surface area contributed by atoms with E-state index in [1.807, 2.05) is 13.8 Å². The van der Waals surface area contributed by atoms with Crippen LogP contribution >= 0.6 is 0 Å². The average molecular weight is 257 g/mol. The van der Waals surface area contributed by atoms with E-state index in [-0.39, 0.29) is 11.8 Å². The molecule has 0 amide bonds. The third-order valence-electron chi connectivity index (χ3n) is 2.44. The van der Waals surface area contributed by atoms with Crippen LogP contribution in [-0.4, -0.2) is 11.8 Å². The van der Waals surface area contributed by atoms with Gasteiger partial charge in [-0.3, -0.25) is 4.79 Å². The van der Waals surface area contributed by atoms with Crippen LogP contribution < -0.4 is 5.73 Å². The fourth-order valence-corrected chi connectivity index (χ4v) is 1.64. The van der Waals surface area contributed by atoms with E-state index < -0.39 is 17.6 Å². The van der Waals surface area contributed by atoms with Crippen LogP contribution in [-0.2, 0) is 4.79 Å². The Bertz CT molecular complexity index is 391. The molecule has 102 valence electrons. The fraction of sp³-hybridized carbons (Fsp3) is 0.500. The maximum atomic E-state index is 13.0. The zero-order chi connectivity index (χ0) is 14.3. The topological polar surface area (TPSA) is 43.1 Å². The van der Waals surface area contributed by atoms with Crippen LogP contribution in [0.2, 0.25) is 0 Å². The lowest BCUT2D eigenvalue weighted by molar-refractivity contribution is -0.118. The zero-order valence-electron chi connectivity index (χ0n) is 11.3. The molecule has 2 unspecified atom stereocenters. The number of carbonyl (C=O) groups is 1. The first-order valence-corrected chi connectivity index (χ1v) is 6.12. The predicted octanol–water partition coefficient (Wildman–Crippen LogP) is 3.40. The Labute approximate surface area is 107 Å². The summed E-state index contributed by atoms with van der Waals surface area (Å²) >= 11 is 0. The van der Waals surface area contributed by atoms with Crippen LogP contribution in [0.15, 0.2) is 18.2 Å². The molecule has 1 aromatic carbocycles. The van der Waals surface area contributed by atoms with Crippen molar-refractivity contribution in [2.24, 2.45) is 5.73 Å². The highest BCUT2D eigenvalue weighted by Gasteiger charge is 2.19. The predicted molar refractivity (Wildman–Crippen MR) is 69.4 cm³/mol.